The lowest BCUT2D eigenvalue weighted by Crippen LogP contribution is -2.25. The lowest BCUT2D eigenvalue weighted by Gasteiger charge is -2.14. The second kappa shape index (κ2) is 7.77. The molecule has 0 aliphatic rings. The number of hydrogen-bond donors (Lipinski definition) is 2. The van der Waals surface area contributed by atoms with Gasteiger partial charge in [0.05, 0.1) is 5.25 Å². The lowest BCUT2D eigenvalue weighted by atomic mass is 10.2. The standard InChI is InChI=1S/C15H19N5O2S/c1-4-13(23-15-19-16-9-20(15)3)14(22)18-12-7-5-11(6-8-12)17-10(2)21/h5-9,13H,4H2,1-3H3,(H,17,21)(H,18,22)/t13-/m0/s1. The SMILES string of the molecule is CC[C@H](Sc1nncn1C)C(=O)Nc1ccc(NC(C)=O)cc1. The molecule has 2 N–H and O–H groups in total. The topological polar surface area (TPSA) is 88.9 Å². The number of nitrogens with one attached hydrogen (secondary N) is 2. The summed E-state index contributed by atoms with van der Waals surface area (Å²) >= 11 is 1.38. The van der Waals surface area contributed by atoms with Crippen LogP contribution in [0.25, 0.3) is 0 Å². The molecule has 0 spiro atoms. The highest BCUT2D eigenvalue weighted by Crippen LogP contribution is 2.24. The smallest absolute Gasteiger partial charge is 0.237 e. The van der Waals surface area contributed by atoms with Gasteiger partial charge in [0.15, 0.2) is 5.16 Å². The predicted molar refractivity (Wildman–Crippen MR) is 90.3 cm³/mol. The number of thioether (sulfide) groups is 1. The van der Waals surface area contributed by atoms with Gasteiger partial charge < -0.3 is 15.2 Å². The Hall–Kier alpha value is -2.35. The Labute approximate surface area is 138 Å². The summed E-state index contributed by atoms with van der Waals surface area (Å²) in [5.41, 5.74) is 1.37. The Morgan fingerprint density at radius 1 is 1.22 bits per heavy atom. The van der Waals surface area contributed by atoms with Crippen LogP contribution in [0.3, 0.4) is 0 Å². The summed E-state index contributed by atoms with van der Waals surface area (Å²) in [7, 11) is 1.84. The van der Waals surface area contributed by atoms with E-state index in [2.05, 4.69) is 20.8 Å². The van der Waals surface area contributed by atoms with Crippen molar-refractivity contribution < 1.29 is 9.59 Å². The van der Waals surface area contributed by atoms with Crippen LogP contribution < -0.4 is 10.6 Å². The van der Waals surface area contributed by atoms with E-state index in [1.165, 1.54) is 18.7 Å². The van der Waals surface area contributed by atoms with Gasteiger partial charge in [-0.3, -0.25) is 9.59 Å². The average Bonchev–Trinajstić information content (AvgIpc) is 2.91. The molecule has 1 aromatic heterocycles. The van der Waals surface area contributed by atoms with Crippen molar-refractivity contribution in [2.24, 2.45) is 7.05 Å². The highest BCUT2D eigenvalue weighted by molar-refractivity contribution is 8.00. The minimum Gasteiger partial charge on any atom is -0.326 e. The van der Waals surface area contributed by atoms with E-state index in [4.69, 9.17) is 0 Å². The van der Waals surface area contributed by atoms with Gasteiger partial charge in [-0.25, -0.2) is 0 Å². The summed E-state index contributed by atoms with van der Waals surface area (Å²) in [6.45, 7) is 3.40. The largest absolute Gasteiger partial charge is 0.326 e. The number of carbonyl (C=O) groups is 2. The maximum absolute atomic E-state index is 12.4. The number of benzene rings is 1. The molecule has 2 amide bonds. The fourth-order valence-corrected chi connectivity index (χ4v) is 2.79. The Balaban J connectivity index is 1.99. The number of amides is 2. The van der Waals surface area contributed by atoms with E-state index in [0.29, 0.717) is 23.0 Å². The molecule has 2 aromatic rings. The monoisotopic (exact) mass is 333 g/mol. The summed E-state index contributed by atoms with van der Waals surface area (Å²) in [6, 6.07) is 6.99. The fourth-order valence-electron chi connectivity index (χ4n) is 1.89. The first-order chi connectivity index (χ1) is 11.0. The van der Waals surface area contributed by atoms with Crippen LogP contribution in [0.4, 0.5) is 11.4 Å². The third kappa shape index (κ3) is 4.82. The number of hydrogen-bond acceptors (Lipinski definition) is 5. The molecule has 0 bridgehead atoms. The van der Waals surface area contributed by atoms with Crippen molar-refractivity contribution in [1.82, 2.24) is 14.8 Å². The quantitative estimate of drug-likeness (QED) is 0.792. The normalized spacial score (nSPS) is 11.8. The summed E-state index contributed by atoms with van der Waals surface area (Å²) in [5.74, 6) is -0.222. The van der Waals surface area contributed by atoms with E-state index >= 15 is 0 Å². The zero-order valence-corrected chi connectivity index (χ0v) is 14.1. The van der Waals surface area contributed by atoms with Gasteiger partial charge in [-0.15, -0.1) is 10.2 Å². The molecule has 7 nitrogen and oxygen atoms in total. The second-order valence-corrected chi connectivity index (χ2v) is 6.16. The number of carbonyl (C=O) groups excluding carboxylic acids is 2. The molecular weight excluding hydrogens is 314 g/mol. The molecule has 0 aliphatic heterocycles. The summed E-state index contributed by atoms with van der Waals surface area (Å²) < 4.78 is 1.78. The van der Waals surface area contributed by atoms with Gasteiger partial charge in [-0.1, -0.05) is 18.7 Å². The third-order valence-electron chi connectivity index (χ3n) is 3.05. The van der Waals surface area contributed by atoms with Crippen LogP contribution in [0, 0.1) is 0 Å². The van der Waals surface area contributed by atoms with Gasteiger partial charge in [0.2, 0.25) is 11.8 Å². The summed E-state index contributed by atoms with van der Waals surface area (Å²) in [4.78, 5) is 23.4. The number of rotatable bonds is 6. The van der Waals surface area contributed by atoms with Gasteiger partial charge in [0.1, 0.15) is 6.33 Å². The first-order valence-electron chi connectivity index (χ1n) is 7.18. The van der Waals surface area contributed by atoms with E-state index in [1.54, 1.807) is 35.2 Å². The summed E-state index contributed by atoms with van der Waals surface area (Å²) in [6.07, 6.45) is 2.28. The molecule has 0 saturated heterocycles. The predicted octanol–water partition coefficient (Wildman–Crippen LogP) is 2.28. The molecule has 0 fully saturated rings. The molecule has 0 aliphatic carbocycles. The molecule has 1 aromatic carbocycles. The van der Waals surface area contributed by atoms with Crippen molar-refractivity contribution in [3.63, 3.8) is 0 Å². The maximum Gasteiger partial charge on any atom is 0.237 e. The molecule has 0 radical (unpaired) electrons. The number of aryl methyl sites for hydroxylation is 1. The first kappa shape index (κ1) is 17.0. The van der Waals surface area contributed by atoms with Crippen molar-refractivity contribution in [3.05, 3.63) is 30.6 Å². The Bertz CT molecular complexity index is 683. The molecule has 0 unspecified atom stereocenters. The Morgan fingerprint density at radius 3 is 2.30 bits per heavy atom. The lowest BCUT2D eigenvalue weighted by molar-refractivity contribution is -0.116. The van der Waals surface area contributed by atoms with Gasteiger partial charge in [-0.2, -0.15) is 0 Å². The van der Waals surface area contributed by atoms with Crippen LogP contribution in [0.15, 0.2) is 35.7 Å². The number of aromatic nitrogens is 3. The van der Waals surface area contributed by atoms with Crippen LogP contribution in [0.2, 0.25) is 0 Å². The molecule has 122 valence electrons. The molecule has 2 rings (SSSR count). The Kier molecular flexibility index (Phi) is 5.75. The van der Waals surface area contributed by atoms with E-state index in [-0.39, 0.29) is 17.1 Å². The maximum atomic E-state index is 12.4. The van der Waals surface area contributed by atoms with E-state index in [1.807, 2.05) is 14.0 Å². The first-order valence-corrected chi connectivity index (χ1v) is 8.06. The number of anilines is 2. The van der Waals surface area contributed by atoms with Gasteiger partial charge >= 0.3 is 0 Å². The van der Waals surface area contributed by atoms with Crippen molar-refractivity contribution in [1.29, 1.82) is 0 Å². The van der Waals surface area contributed by atoms with Crippen LogP contribution in [0.5, 0.6) is 0 Å². The molecule has 8 heteroatoms. The van der Waals surface area contributed by atoms with Gasteiger partial charge in [-0.05, 0) is 30.7 Å². The van der Waals surface area contributed by atoms with Crippen molar-refractivity contribution in [3.8, 4) is 0 Å². The molecule has 0 saturated carbocycles. The minimum absolute atomic E-state index is 0.0900. The third-order valence-corrected chi connectivity index (χ3v) is 4.47. The van der Waals surface area contributed by atoms with Crippen LogP contribution in [-0.2, 0) is 16.6 Å². The molecule has 1 heterocycles. The zero-order valence-electron chi connectivity index (χ0n) is 13.2. The van der Waals surface area contributed by atoms with E-state index in [0.717, 1.165) is 0 Å². The van der Waals surface area contributed by atoms with Crippen LogP contribution in [0.1, 0.15) is 20.3 Å². The van der Waals surface area contributed by atoms with Crippen molar-refractivity contribution in [2.75, 3.05) is 10.6 Å². The average molecular weight is 333 g/mol. The van der Waals surface area contributed by atoms with E-state index in [9.17, 15) is 9.59 Å². The van der Waals surface area contributed by atoms with Crippen LogP contribution >= 0.6 is 11.8 Å². The van der Waals surface area contributed by atoms with Crippen molar-refractivity contribution >= 4 is 35.0 Å². The molecule has 1 atom stereocenters. The van der Waals surface area contributed by atoms with Crippen LogP contribution in [-0.4, -0.2) is 31.8 Å². The number of nitrogens with zero attached hydrogens (tertiary/aromatic N) is 3. The highest BCUT2D eigenvalue weighted by atomic mass is 32.2. The fraction of sp³-hybridized carbons (Fsp3) is 0.333. The molecule has 23 heavy (non-hydrogen) atoms. The van der Waals surface area contributed by atoms with Crippen molar-refractivity contribution in [2.45, 2.75) is 30.7 Å². The Morgan fingerprint density at radius 2 is 1.83 bits per heavy atom. The van der Waals surface area contributed by atoms with Gasteiger partial charge in [0.25, 0.3) is 0 Å². The molecular formula is C15H19N5O2S. The summed E-state index contributed by atoms with van der Waals surface area (Å²) in [5, 5.41) is 13.8. The minimum atomic E-state index is -0.257. The highest BCUT2D eigenvalue weighted by Gasteiger charge is 2.20. The zero-order chi connectivity index (χ0) is 16.8. The van der Waals surface area contributed by atoms with E-state index < -0.39 is 0 Å². The van der Waals surface area contributed by atoms with Gasteiger partial charge in [0, 0.05) is 25.3 Å². The second-order valence-electron chi connectivity index (χ2n) is 4.99.